The molecule has 0 fully saturated rings. The Kier molecular flexibility index (Phi) is 6.16. The fraction of sp³-hybridized carbons (Fsp3) is 0.174. The van der Waals surface area contributed by atoms with Crippen molar-refractivity contribution in [3.8, 4) is 28.3 Å². The highest BCUT2D eigenvalue weighted by Crippen LogP contribution is 2.30. The zero-order valence-electron chi connectivity index (χ0n) is 17.1. The molecule has 0 aliphatic heterocycles. The molecule has 2 aromatic carbocycles. The van der Waals surface area contributed by atoms with Crippen LogP contribution in [-0.2, 0) is 4.74 Å². The third-order valence-electron chi connectivity index (χ3n) is 4.77. The average molecular weight is 437 g/mol. The quantitative estimate of drug-likeness (QED) is 0.441. The van der Waals surface area contributed by atoms with Gasteiger partial charge in [0.1, 0.15) is 11.4 Å². The molecule has 0 atom stereocenters. The molecule has 158 valence electrons. The van der Waals surface area contributed by atoms with E-state index in [1.54, 1.807) is 36.9 Å². The third-order valence-corrected chi connectivity index (χ3v) is 5.03. The second-order valence-corrected chi connectivity index (χ2v) is 7.22. The Hall–Kier alpha value is -3.42. The van der Waals surface area contributed by atoms with Gasteiger partial charge in [-0.15, -0.1) is 0 Å². The molecule has 0 aliphatic rings. The number of aromatic nitrogens is 3. The van der Waals surface area contributed by atoms with E-state index in [2.05, 4.69) is 10.4 Å². The van der Waals surface area contributed by atoms with E-state index in [-0.39, 0.29) is 5.91 Å². The molecule has 0 saturated heterocycles. The molecule has 2 aromatic heterocycles. The maximum Gasteiger partial charge on any atom is 0.270 e. The van der Waals surface area contributed by atoms with Crippen LogP contribution in [0.3, 0.4) is 0 Å². The lowest BCUT2D eigenvalue weighted by Crippen LogP contribution is -2.29. The summed E-state index contributed by atoms with van der Waals surface area (Å²) in [6.07, 6.45) is 0. The number of hydrogen-bond donors (Lipinski definition) is 1. The number of halogens is 1. The average Bonchev–Trinajstić information content (AvgIpc) is 3.23. The third kappa shape index (κ3) is 4.38. The van der Waals surface area contributed by atoms with Crippen LogP contribution in [0.5, 0.6) is 5.75 Å². The van der Waals surface area contributed by atoms with Gasteiger partial charge in [-0.05, 0) is 30.3 Å². The minimum Gasteiger partial charge on any atom is -0.496 e. The van der Waals surface area contributed by atoms with Crippen LogP contribution in [0.1, 0.15) is 10.5 Å². The molecule has 1 amide bonds. The monoisotopic (exact) mass is 436 g/mol. The van der Waals surface area contributed by atoms with E-state index in [0.29, 0.717) is 46.7 Å². The van der Waals surface area contributed by atoms with Gasteiger partial charge in [-0.1, -0.05) is 35.9 Å². The number of nitrogens with one attached hydrogen (secondary N) is 1. The van der Waals surface area contributed by atoms with Crippen LogP contribution in [-0.4, -0.2) is 47.9 Å². The summed E-state index contributed by atoms with van der Waals surface area (Å²) in [5, 5.41) is 8.12. The lowest BCUT2D eigenvalue weighted by Gasteiger charge is -2.11. The first-order valence-electron chi connectivity index (χ1n) is 9.68. The number of carbonyl (C=O) groups is 1. The molecule has 8 heteroatoms. The molecule has 31 heavy (non-hydrogen) atoms. The van der Waals surface area contributed by atoms with Crippen molar-refractivity contribution in [2.45, 2.75) is 0 Å². The largest absolute Gasteiger partial charge is 0.496 e. The van der Waals surface area contributed by atoms with Crippen LogP contribution in [0.15, 0.2) is 60.7 Å². The van der Waals surface area contributed by atoms with Crippen LogP contribution in [0.2, 0.25) is 5.02 Å². The number of ether oxygens (including phenoxy) is 2. The lowest BCUT2D eigenvalue weighted by molar-refractivity contribution is 0.0929. The number of carbonyl (C=O) groups excluding carboxylic acids is 1. The van der Waals surface area contributed by atoms with E-state index in [9.17, 15) is 4.79 Å². The maximum absolute atomic E-state index is 13.0. The molecule has 0 aliphatic carbocycles. The molecule has 2 heterocycles. The minimum absolute atomic E-state index is 0.272. The zero-order valence-corrected chi connectivity index (χ0v) is 17.9. The number of nitrogens with zero attached hydrogens (tertiary/aromatic N) is 3. The summed E-state index contributed by atoms with van der Waals surface area (Å²) in [6.45, 7) is 0.795. The van der Waals surface area contributed by atoms with Crippen LogP contribution < -0.4 is 10.1 Å². The molecule has 1 N–H and O–H groups in total. The lowest BCUT2D eigenvalue weighted by atomic mass is 10.1. The number of para-hydroxylation sites is 1. The van der Waals surface area contributed by atoms with Crippen molar-refractivity contribution in [1.82, 2.24) is 19.9 Å². The van der Waals surface area contributed by atoms with Crippen LogP contribution in [0.4, 0.5) is 0 Å². The van der Waals surface area contributed by atoms with Gasteiger partial charge < -0.3 is 14.8 Å². The van der Waals surface area contributed by atoms with Gasteiger partial charge in [0.15, 0.2) is 5.65 Å². The van der Waals surface area contributed by atoms with E-state index in [1.165, 1.54) is 0 Å². The summed E-state index contributed by atoms with van der Waals surface area (Å²) in [4.78, 5) is 17.7. The maximum atomic E-state index is 13.0. The highest BCUT2D eigenvalue weighted by molar-refractivity contribution is 6.30. The molecule has 4 rings (SSSR count). The predicted octanol–water partition coefficient (Wildman–Crippen LogP) is 4.10. The Bertz CT molecular complexity index is 1220. The van der Waals surface area contributed by atoms with E-state index in [0.717, 1.165) is 11.1 Å². The van der Waals surface area contributed by atoms with Crippen molar-refractivity contribution in [1.29, 1.82) is 0 Å². The van der Waals surface area contributed by atoms with Crippen molar-refractivity contribution in [3.63, 3.8) is 0 Å². The molecule has 0 saturated carbocycles. The number of methoxy groups -OCH3 is 2. The summed E-state index contributed by atoms with van der Waals surface area (Å²) in [5.74, 6) is 0.397. The molecule has 4 aromatic rings. The number of rotatable bonds is 7. The van der Waals surface area contributed by atoms with Gasteiger partial charge >= 0.3 is 0 Å². The van der Waals surface area contributed by atoms with Gasteiger partial charge in [-0.25, -0.2) is 9.50 Å². The standard InChI is InChI=1S/C23H21ClN4O3/c1-30-12-11-25-23(29)20-13-19(17-5-3-4-6-21(17)31-2)26-22-14-18(27-28(20)22)15-7-9-16(24)10-8-15/h3-10,13-14H,11-12H2,1-2H3,(H,25,29). The van der Waals surface area contributed by atoms with Gasteiger partial charge in [-0.2, -0.15) is 5.10 Å². The molecule has 0 bridgehead atoms. The Morgan fingerprint density at radius 2 is 1.84 bits per heavy atom. The second kappa shape index (κ2) is 9.16. The van der Waals surface area contributed by atoms with Crippen molar-refractivity contribution in [2.24, 2.45) is 0 Å². The molecule has 0 radical (unpaired) electrons. The minimum atomic E-state index is -0.272. The van der Waals surface area contributed by atoms with E-state index >= 15 is 0 Å². The summed E-state index contributed by atoms with van der Waals surface area (Å²) in [7, 11) is 3.19. The van der Waals surface area contributed by atoms with Crippen molar-refractivity contribution in [3.05, 3.63) is 71.4 Å². The summed E-state index contributed by atoms with van der Waals surface area (Å²) >= 11 is 6.01. The Balaban J connectivity index is 1.86. The fourth-order valence-corrected chi connectivity index (χ4v) is 3.38. The highest BCUT2D eigenvalue weighted by Gasteiger charge is 2.18. The van der Waals surface area contributed by atoms with Crippen LogP contribution in [0.25, 0.3) is 28.2 Å². The van der Waals surface area contributed by atoms with Crippen molar-refractivity contribution >= 4 is 23.2 Å². The highest BCUT2D eigenvalue weighted by atomic mass is 35.5. The molecule has 0 unspecified atom stereocenters. The number of fused-ring (bicyclic) bond motifs is 1. The fourth-order valence-electron chi connectivity index (χ4n) is 3.25. The smallest absolute Gasteiger partial charge is 0.270 e. The summed E-state index contributed by atoms with van der Waals surface area (Å²) in [5.41, 5.74) is 3.87. The van der Waals surface area contributed by atoms with Crippen molar-refractivity contribution in [2.75, 3.05) is 27.4 Å². The Morgan fingerprint density at radius 3 is 2.58 bits per heavy atom. The molecular weight excluding hydrogens is 416 g/mol. The van der Waals surface area contributed by atoms with Crippen molar-refractivity contribution < 1.29 is 14.3 Å². The van der Waals surface area contributed by atoms with Gasteiger partial charge in [0.05, 0.1) is 25.1 Å². The molecular formula is C23H21ClN4O3. The van der Waals surface area contributed by atoms with Gasteiger partial charge in [0.25, 0.3) is 5.91 Å². The first-order valence-corrected chi connectivity index (χ1v) is 10.1. The van der Waals surface area contributed by atoms with E-state index in [4.69, 9.17) is 26.1 Å². The van der Waals surface area contributed by atoms with E-state index in [1.807, 2.05) is 42.5 Å². The molecule has 0 spiro atoms. The first-order chi connectivity index (χ1) is 15.1. The topological polar surface area (TPSA) is 77.8 Å². The molecule has 7 nitrogen and oxygen atoms in total. The Morgan fingerprint density at radius 1 is 1.06 bits per heavy atom. The summed E-state index contributed by atoms with van der Waals surface area (Å²) in [6, 6.07) is 18.5. The van der Waals surface area contributed by atoms with Crippen LogP contribution in [0, 0.1) is 0 Å². The normalized spacial score (nSPS) is 10.9. The number of benzene rings is 2. The second-order valence-electron chi connectivity index (χ2n) is 6.78. The number of hydrogen-bond acceptors (Lipinski definition) is 5. The van der Waals surface area contributed by atoms with Gasteiger partial charge in [0, 0.05) is 35.9 Å². The first kappa shape index (κ1) is 20.8. The Labute approximate surface area is 184 Å². The van der Waals surface area contributed by atoms with Gasteiger partial charge in [-0.3, -0.25) is 4.79 Å². The summed E-state index contributed by atoms with van der Waals surface area (Å²) < 4.78 is 12.1. The predicted molar refractivity (Wildman–Crippen MR) is 120 cm³/mol. The SMILES string of the molecule is COCCNC(=O)c1cc(-c2ccccc2OC)nc2cc(-c3ccc(Cl)cc3)nn12. The zero-order chi connectivity index (χ0) is 21.8. The van der Waals surface area contributed by atoms with Crippen LogP contribution >= 0.6 is 11.6 Å². The number of amides is 1. The van der Waals surface area contributed by atoms with Gasteiger partial charge in [0.2, 0.25) is 0 Å². The van der Waals surface area contributed by atoms with E-state index < -0.39 is 0 Å².